The smallest absolute Gasteiger partial charge is 0.114 e. The van der Waals surface area contributed by atoms with Crippen LogP contribution < -0.4 is 4.90 Å². The third-order valence-electron chi connectivity index (χ3n) is 11.6. The largest absolute Gasteiger partial charge is 0.332 e. The van der Waals surface area contributed by atoms with Crippen LogP contribution in [0.4, 0.5) is 5.69 Å². The van der Waals surface area contributed by atoms with Crippen LogP contribution in [0.3, 0.4) is 0 Å². The zero-order valence-electron chi connectivity index (χ0n) is 32.4. The molecule has 0 aliphatic heterocycles. The van der Waals surface area contributed by atoms with Gasteiger partial charge >= 0.3 is 0 Å². The van der Waals surface area contributed by atoms with E-state index < -0.39 is 0 Å². The Labute approximate surface area is 342 Å². The van der Waals surface area contributed by atoms with Crippen molar-refractivity contribution in [2.75, 3.05) is 4.90 Å². The SMILES string of the molecule is c1ccc(N(Cn2nc(-c3cccc4ccccc34)cc2-c2cccc3ccccc23)Cn2nc(-c3cccc4ccccc34)cc2-c2cccc3ccccc23)cc1. The maximum Gasteiger partial charge on any atom is 0.114 e. The van der Waals surface area contributed by atoms with Gasteiger partial charge in [0.05, 0.1) is 22.8 Å². The van der Waals surface area contributed by atoms with Gasteiger partial charge in [-0.3, -0.25) is 0 Å². The lowest BCUT2D eigenvalue weighted by atomic mass is 9.99. The molecule has 5 heteroatoms. The predicted molar refractivity (Wildman–Crippen MR) is 245 cm³/mol. The van der Waals surface area contributed by atoms with Crippen molar-refractivity contribution < 1.29 is 0 Å². The Morgan fingerprint density at radius 1 is 0.322 bits per heavy atom. The van der Waals surface area contributed by atoms with Crippen molar-refractivity contribution in [1.82, 2.24) is 19.6 Å². The average Bonchev–Trinajstić information content (AvgIpc) is 3.92. The third-order valence-corrected chi connectivity index (χ3v) is 11.6. The molecule has 0 atom stereocenters. The van der Waals surface area contributed by atoms with Gasteiger partial charge in [-0.25, -0.2) is 9.36 Å². The molecule has 280 valence electrons. The van der Waals surface area contributed by atoms with Crippen molar-refractivity contribution in [2.24, 2.45) is 0 Å². The monoisotopic (exact) mass is 757 g/mol. The quantitative estimate of drug-likeness (QED) is 0.147. The van der Waals surface area contributed by atoms with Gasteiger partial charge in [-0.1, -0.05) is 188 Å². The molecule has 59 heavy (non-hydrogen) atoms. The first-order valence-corrected chi connectivity index (χ1v) is 20.1. The van der Waals surface area contributed by atoms with Gasteiger partial charge in [0.15, 0.2) is 0 Å². The number of anilines is 1. The molecule has 0 fully saturated rings. The van der Waals surface area contributed by atoms with Crippen LogP contribution in [0, 0.1) is 0 Å². The summed E-state index contributed by atoms with van der Waals surface area (Å²) in [7, 11) is 0. The predicted octanol–water partition coefficient (Wildman–Crippen LogP) is 13.5. The first kappa shape index (κ1) is 34.5. The molecule has 0 saturated heterocycles. The highest BCUT2D eigenvalue weighted by molar-refractivity contribution is 6.00. The summed E-state index contributed by atoms with van der Waals surface area (Å²) in [6.45, 7) is 0.956. The minimum atomic E-state index is 0.478. The van der Waals surface area contributed by atoms with Crippen LogP contribution in [0.25, 0.3) is 88.1 Å². The molecule has 9 aromatic carbocycles. The summed E-state index contributed by atoms with van der Waals surface area (Å²) in [6.07, 6.45) is 0. The first-order valence-electron chi connectivity index (χ1n) is 20.1. The summed E-state index contributed by atoms with van der Waals surface area (Å²) in [4.78, 5) is 2.38. The Morgan fingerprint density at radius 2 is 0.644 bits per heavy atom. The minimum absolute atomic E-state index is 0.478. The molecule has 2 heterocycles. The standard InChI is InChI=1S/C54H39N5/c1-2-24-42(25-3-1)57(36-58-53(49-32-14-22-40-18-6-10-28-45(40)49)34-51(55-58)47-30-12-20-38-16-4-8-26-43(38)47)37-59-54(50-33-15-23-41-19-7-11-29-46(41)50)35-52(56-59)48-31-13-21-39-17-5-9-27-44(39)48/h1-35H,36-37H2. The average molecular weight is 758 g/mol. The number of fused-ring (bicyclic) bond motifs is 4. The molecule has 0 saturated carbocycles. The Balaban J connectivity index is 1.10. The number of nitrogens with zero attached hydrogens (tertiary/aromatic N) is 5. The maximum atomic E-state index is 5.47. The molecule has 0 N–H and O–H groups in total. The van der Waals surface area contributed by atoms with Crippen molar-refractivity contribution in [1.29, 1.82) is 0 Å². The topological polar surface area (TPSA) is 38.9 Å². The van der Waals surface area contributed by atoms with Gasteiger partial charge in [0, 0.05) is 27.9 Å². The molecule has 11 aromatic rings. The lowest BCUT2D eigenvalue weighted by Gasteiger charge is -2.27. The van der Waals surface area contributed by atoms with Crippen LogP contribution in [-0.2, 0) is 13.3 Å². The highest BCUT2D eigenvalue weighted by Gasteiger charge is 2.21. The molecule has 0 aliphatic carbocycles. The molecular formula is C54H39N5. The Hall–Kier alpha value is -7.76. The second-order valence-electron chi connectivity index (χ2n) is 15.1. The summed E-state index contributed by atoms with van der Waals surface area (Å²) in [5.41, 5.74) is 9.56. The normalized spacial score (nSPS) is 11.5. The summed E-state index contributed by atoms with van der Waals surface area (Å²) >= 11 is 0. The van der Waals surface area contributed by atoms with E-state index in [1.165, 1.54) is 43.1 Å². The molecule has 5 nitrogen and oxygen atoms in total. The van der Waals surface area contributed by atoms with Gasteiger partial charge < -0.3 is 4.90 Å². The van der Waals surface area contributed by atoms with Crippen LogP contribution in [-0.4, -0.2) is 19.6 Å². The number of hydrogen-bond donors (Lipinski definition) is 0. The van der Waals surface area contributed by atoms with Crippen LogP contribution in [0.1, 0.15) is 0 Å². The second kappa shape index (κ2) is 14.6. The molecule has 11 rings (SSSR count). The molecule has 0 bridgehead atoms. The highest BCUT2D eigenvalue weighted by Crippen LogP contribution is 2.37. The van der Waals surface area contributed by atoms with E-state index in [2.05, 4.69) is 227 Å². The van der Waals surface area contributed by atoms with Crippen LogP contribution in [0.2, 0.25) is 0 Å². The zero-order valence-corrected chi connectivity index (χ0v) is 32.4. The Kier molecular flexibility index (Phi) is 8.55. The summed E-state index contributed by atoms with van der Waals surface area (Å²) in [5.74, 6) is 0. The van der Waals surface area contributed by atoms with Crippen molar-refractivity contribution >= 4 is 48.8 Å². The van der Waals surface area contributed by atoms with Gasteiger partial charge in [0.25, 0.3) is 0 Å². The minimum Gasteiger partial charge on any atom is -0.332 e. The van der Waals surface area contributed by atoms with E-state index in [9.17, 15) is 0 Å². The van der Waals surface area contributed by atoms with E-state index in [1.807, 2.05) is 0 Å². The van der Waals surface area contributed by atoms with Crippen molar-refractivity contribution in [3.63, 3.8) is 0 Å². The molecule has 0 spiro atoms. The van der Waals surface area contributed by atoms with E-state index >= 15 is 0 Å². The highest BCUT2D eigenvalue weighted by atomic mass is 15.4. The lowest BCUT2D eigenvalue weighted by Crippen LogP contribution is -2.30. The number of aromatic nitrogens is 4. The van der Waals surface area contributed by atoms with E-state index in [0.29, 0.717) is 13.3 Å². The molecule has 0 unspecified atom stereocenters. The van der Waals surface area contributed by atoms with Gasteiger partial charge in [0.2, 0.25) is 0 Å². The third kappa shape index (κ3) is 6.30. The maximum absolute atomic E-state index is 5.47. The second-order valence-corrected chi connectivity index (χ2v) is 15.1. The van der Waals surface area contributed by atoms with Crippen molar-refractivity contribution in [3.8, 4) is 45.0 Å². The number of hydrogen-bond acceptors (Lipinski definition) is 3. The van der Waals surface area contributed by atoms with Crippen molar-refractivity contribution in [2.45, 2.75) is 13.3 Å². The van der Waals surface area contributed by atoms with E-state index in [0.717, 1.165) is 50.7 Å². The van der Waals surface area contributed by atoms with Crippen LogP contribution in [0.15, 0.2) is 212 Å². The fourth-order valence-electron chi connectivity index (χ4n) is 8.71. The summed E-state index contributed by atoms with van der Waals surface area (Å²) < 4.78 is 4.36. The van der Waals surface area contributed by atoms with E-state index in [4.69, 9.17) is 10.2 Å². The van der Waals surface area contributed by atoms with Crippen LogP contribution in [0.5, 0.6) is 0 Å². The Bertz CT molecular complexity index is 3080. The summed E-state index contributed by atoms with van der Waals surface area (Å²) in [5, 5.41) is 20.5. The van der Waals surface area contributed by atoms with Gasteiger partial charge in [-0.2, -0.15) is 10.2 Å². The summed E-state index contributed by atoms with van der Waals surface area (Å²) in [6, 6.07) is 75.6. The van der Waals surface area contributed by atoms with E-state index in [1.54, 1.807) is 0 Å². The fourth-order valence-corrected chi connectivity index (χ4v) is 8.71. The van der Waals surface area contributed by atoms with Gasteiger partial charge in [-0.15, -0.1) is 0 Å². The molecular weight excluding hydrogens is 719 g/mol. The lowest BCUT2D eigenvalue weighted by molar-refractivity contribution is 0.506. The fraction of sp³-hybridized carbons (Fsp3) is 0.0370. The number of para-hydroxylation sites is 1. The molecule has 0 aliphatic rings. The van der Waals surface area contributed by atoms with E-state index in [-0.39, 0.29) is 0 Å². The van der Waals surface area contributed by atoms with Crippen molar-refractivity contribution in [3.05, 3.63) is 212 Å². The molecule has 0 radical (unpaired) electrons. The van der Waals surface area contributed by atoms with Crippen LogP contribution >= 0.6 is 0 Å². The molecule has 2 aromatic heterocycles. The number of benzene rings is 9. The first-order chi connectivity index (χ1) is 29.2. The number of rotatable bonds is 9. The Morgan fingerprint density at radius 3 is 1.05 bits per heavy atom. The molecule has 0 amide bonds. The van der Waals surface area contributed by atoms with Gasteiger partial charge in [0.1, 0.15) is 13.3 Å². The van der Waals surface area contributed by atoms with Gasteiger partial charge in [-0.05, 0) is 67.4 Å². The zero-order chi connectivity index (χ0) is 39.1.